The SMILES string of the molecule is COc1ccccc1-c1nc2cnccn2c1NCCC(=O)NC1CCCCCC1. The van der Waals surface area contributed by atoms with Gasteiger partial charge in [-0.2, -0.15) is 0 Å². The number of fused-ring (bicyclic) bond motifs is 1. The van der Waals surface area contributed by atoms with Gasteiger partial charge in [0.15, 0.2) is 5.65 Å². The zero-order valence-electron chi connectivity index (χ0n) is 17.4. The zero-order valence-corrected chi connectivity index (χ0v) is 17.4. The summed E-state index contributed by atoms with van der Waals surface area (Å²) in [4.78, 5) is 21.4. The van der Waals surface area contributed by atoms with Gasteiger partial charge in [-0.25, -0.2) is 4.98 Å². The van der Waals surface area contributed by atoms with Gasteiger partial charge in [0.1, 0.15) is 17.3 Å². The normalized spacial score (nSPS) is 15.0. The van der Waals surface area contributed by atoms with E-state index in [9.17, 15) is 4.79 Å². The van der Waals surface area contributed by atoms with E-state index in [4.69, 9.17) is 9.72 Å². The van der Waals surface area contributed by atoms with Crippen LogP contribution in [0.2, 0.25) is 0 Å². The van der Waals surface area contributed by atoms with E-state index in [1.54, 1.807) is 19.5 Å². The molecule has 0 aliphatic heterocycles. The summed E-state index contributed by atoms with van der Waals surface area (Å²) in [6, 6.07) is 8.12. The molecule has 1 aromatic carbocycles. The molecule has 4 rings (SSSR count). The van der Waals surface area contributed by atoms with Crippen molar-refractivity contribution in [2.75, 3.05) is 19.0 Å². The number of para-hydroxylation sites is 1. The van der Waals surface area contributed by atoms with Crippen LogP contribution in [-0.4, -0.2) is 40.0 Å². The maximum atomic E-state index is 12.5. The lowest BCUT2D eigenvalue weighted by molar-refractivity contribution is -0.121. The monoisotopic (exact) mass is 407 g/mol. The maximum Gasteiger partial charge on any atom is 0.221 e. The highest BCUT2D eigenvalue weighted by Crippen LogP contribution is 2.34. The van der Waals surface area contributed by atoms with E-state index in [0.717, 1.165) is 41.3 Å². The van der Waals surface area contributed by atoms with Gasteiger partial charge in [-0.1, -0.05) is 37.8 Å². The molecule has 1 fully saturated rings. The number of benzene rings is 1. The van der Waals surface area contributed by atoms with Gasteiger partial charge >= 0.3 is 0 Å². The number of aromatic nitrogens is 3. The highest BCUT2D eigenvalue weighted by molar-refractivity contribution is 5.81. The Labute approximate surface area is 176 Å². The molecular weight excluding hydrogens is 378 g/mol. The number of carbonyl (C=O) groups excluding carboxylic acids is 1. The molecule has 2 N–H and O–H groups in total. The number of amides is 1. The molecule has 1 aliphatic carbocycles. The van der Waals surface area contributed by atoms with Crippen LogP contribution in [0, 0.1) is 0 Å². The van der Waals surface area contributed by atoms with Crippen LogP contribution in [0.5, 0.6) is 5.75 Å². The lowest BCUT2D eigenvalue weighted by Gasteiger charge is -2.16. The second-order valence-corrected chi connectivity index (χ2v) is 7.75. The van der Waals surface area contributed by atoms with Crippen molar-refractivity contribution in [3.63, 3.8) is 0 Å². The van der Waals surface area contributed by atoms with Crippen LogP contribution in [0.25, 0.3) is 16.9 Å². The molecule has 0 bridgehead atoms. The van der Waals surface area contributed by atoms with Crippen LogP contribution in [0.3, 0.4) is 0 Å². The number of methoxy groups -OCH3 is 1. The van der Waals surface area contributed by atoms with Crippen LogP contribution in [0.4, 0.5) is 5.82 Å². The van der Waals surface area contributed by atoms with Gasteiger partial charge in [0.2, 0.25) is 5.91 Å². The van der Waals surface area contributed by atoms with E-state index >= 15 is 0 Å². The maximum absolute atomic E-state index is 12.5. The van der Waals surface area contributed by atoms with Gasteiger partial charge < -0.3 is 15.4 Å². The minimum Gasteiger partial charge on any atom is -0.496 e. The fourth-order valence-corrected chi connectivity index (χ4v) is 4.12. The average molecular weight is 408 g/mol. The van der Waals surface area contributed by atoms with Crippen molar-refractivity contribution in [2.45, 2.75) is 51.0 Å². The fourth-order valence-electron chi connectivity index (χ4n) is 4.12. The first-order valence-corrected chi connectivity index (χ1v) is 10.7. The zero-order chi connectivity index (χ0) is 20.8. The lowest BCUT2D eigenvalue weighted by Crippen LogP contribution is -2.35. The van der Waals surface area contributed by atoms with Gasteiger partial charge in [-0.05, 0) is 25.0 Å². The molecule has 2 aromatic heterocycles. The standard InChI is InChI=1S/C23H29N5O2/c1-30-19-11-7-6-10-18(19)22-23(28-15-14-24-16-20(28)27-22)25-13-12-21(29)26-17-8-4-2-3-5-9-17/h6-7,10-11,14-17,25H,2-5,8-9,12-13H2,1H3,(H,26,29). The van der Waals surface area contributed by atoms with E-state index < -0.39 is 0 Å². The minimum atomic E-state index is 0.101. The van der Waals surface area contributed by atoms with Crippen LogP contribution in [0.1, 0.15) is 44.9 Å². The summed E-state index contributed by atoms with van der Waals surface area (Å²) in [5, 5.41) is 6.63. The molecule has 2 heterocycles. The first-order chi connectivity index (χ1) is 14.8. The number of hydrogen-bond donors (Lipinski definition) is 2. The Bertz CT molecular complexity index is 992. The molecule has 0 saturated heterocycles. The van der Waals surface area contributed by atoms with E-state index in [0.29, 0.717) is 19.0 Å². The van der Waals surface area contributed by atoms with Crippen LogP contribution in [0.15, 0.2) is 42.9 Å². The number of anilines is 1. The van der Waals surface area contributed by atoms with Crippen molar-refractivity contribution < 1.29 is 9.53 Å². The minimum absolute atomic E-state index is 0.101. The van der Waals surface area contributed by atoms with E-state index in [-0.39, 0.29) is 5.91 Å². The topological polar surface area (TPSA) is 80.6 Å². The largest absolute Gasteiger partial charge is 0.496 e. The van der Waals surface area contributed by atoms with Crippen LogP contribution in [-0.2, 0) is 4.79 Å². The van der Waals surface area contributed by atoms with E-state index in [1.165, 1.54) is 25.7 Å². The van der Waals surface area contributed by atoms with Crippen LogP contribution < -0.4 is 15.4 Å². The summed E-state index contributed by atoms with van der Waals surface area (Å²) in [5.41, 5.74) is 2.42. The number of nitrogens with zero attached hydrogens (tertiary/aromatic N) is 3. The predicted octanol–water partition coefficient (Wildman–Crippen LogP) is 4.05. The smallest absolute Gasteiger partial charge is 0.221 e. The quantitative estimate of drug-likeness (QED) is 0.578. The molecule has 7 heteroatoms. The van der Waals surface area contributed by atoms with Crippen molar-refractivity contribution in [1.29, 1.82) is 0 Å². The van der Waals surface area contributed by atoms with E-state index in [1.807, 2.05) is 34.9 Å². The van der Waals surface area contributed by atoms with Crippen molar-refractivity contribution in [3.8, 4) is 17.0 Å². The number of rotatable bonds is 7. The van der Waals surface area contributed by atoms with Gasteiger partial charge in [0.25, 0.3) is 0 Å². The number of ether oxygens (including phenoxy) is 1. The second kappa shape index (κ2) is 9.61. The second-order valence-electron chi connectivity index (χ2n) is 7.75. The number of imidazole rings is 1. The molecule has 1 amide bonds. The van der Waals surface area contributed by atoms with Crippen molar-refractivity contribution in [3.05, 3.63) is 42.9 Å². The third kappa shape index (κ3) is 4.56. The summed E-state index contributed by atoms with van der Waals surface area (Å²) in [6.07, 6.45) is 12.9. The molecule has 1 saturated carbocycles. The van der Waals surface area contributed by atoms with Gasteiger partial charge in [-0.3, -0.25) is 14.2 Å². The molecule has 30 heavy (non-hydrogen) atoms. The summed E-state index contributed by atoms with van der Waals surface area (Å²) >= 11 is 0. The highest BCUT2D eigenvalue weighted by Gasteiger charge is 2.18. The molecule has 158 valence electrons. The molecule has 3 aromatic rings. The Morgan fingerprint density at radius 3 is 2.80 bits per heavy atom. The van der Waals surface area contributed by atoms with Gasteiger partial charge in [0.05, 0.1) is 13.3 Å². The molecule has 1 aliphatic rings. The lowest BCUT2D eigenvalue weighted by atomic mass is 10.1. The van der Waals surface area contributed by atoms with Gasteiger partial charge in [0, 0.05) is 37.0 Å². The fraction of sp³-hybridized carbons (Fsp3) is 0.435. The highest BCUT2D eigenvalue weighted by atomic mass is 16.5. The van der Waals surface area contributed by atoms with E-state index in [2.05, 4.69) is 15.6 Å². The Balaban J connectivity index is 1.49. The summed E-state index contributed by atoms with van der Waals surface area (Å²) < 4.78 is 7.49. The van der Waals surface area contributed by atoms with Crippen LogP contribution >= 0.6 is 0 Å². The van der Waals surface area contributed by atoms with Crippen molar-refractivity contribution >= 4 is 17.4 Å². The number of hydrogen-bond acceptors (Lipinski definition) is 5. The summed E-state index contributed by atoms with van der Waals surface area (Å²) in [7, 11) is 1.65. The first kappa shape index (κ1) is 20.2. The molecule has 0 atom stereocenters. The average Bonchev–Trinajstić information content (AvgIpc) is 2.94. The van der Waals surface area contributed by atoms with Crippen molar-refractivity contribution in [2.24, 2.45) is 0 Å². The van der Waals surface area contributed by atoms with Gasteiger partial charge in [-0.15, -0.1) is 0 Å². The van der Waals surface area contributed by atoms with Crippen molar-refractivity contribution in [1.82, 2.24) is 19.7 Å². The Hall–Kier alpha value is -3.09. The molecule has 7 nitrogen and oxygen atoms in total. The first-order valence-electron chi connectivity index (χ1n) is 10.7. The third-order valence-electron chi connectivity index (χ3n) is 5.66. The number of nitrogens with one attached hydrogen (secondary N) is 2. The Morgan fingerprint density at radius 1 is 1.20 bits per heavy atom. The summed E-state index contributed by atoms with van der Waals surface area (Å²) in [5.74, 6) is 1.69. The predicted molar refractivity (Wildman–Crippen MR) is 118 cm³/mol. The molecular formula is C23H29N5O2. The third-order valence-corrected chi connectivity index (χ3v) is 5.66. The molecule has 0 radical (unpaired) electrons. The Morgan fingerprint density at radius 2 is 2.00 bits per heavy atom. The summed E-state index contributed by atoms with van der Waals surface area (Å²) in [6.45, 7) is 0.525. The number of carbonyl (C=O) groups is 1. The molecule has 0 unspecified atom stereocenters. The Kier molecular flexibility index (Phi) is 6.47. The molecule has 0 spiro atoms.